The fourth-order valence-corrected chi connectivity index (χ4v) is 3.23. The minimum Gasteiger partial charge on any atom is -0.465 e. The van der Waals surface area contributed by atoms with Gasteiger partial charge in [-0.25, -0.2) is 4.39 Å². The van der Waals surface area contributed by atoms with Crippen LogP contribution in [0, 0.1) is 5.82 Å². The van der Waals surface area contributed by atoms with Crippen LogP contribution < -0.4 is 5.32 Å². The van der Waals surface area contributed by atoms with Crippen molar-refractivity contribution in [2.24, 2.45) is 0 Å². The predicted octanol–water partition coefficient (Wildman–Crippen LogP) is 4.17. The molecule has 0 heterocycles. The van der Waals surface area contributed by atoms with Gasteiger partial charge in [-0.1, -0.05) is 72.8 Å². The van der Waals surface area contributed by atoms with Crippen molar-refractivity contribution in [2.45, 2.75) is 25.1 Å². The lowest BCUT2D eigenvalue weighted by molar-refractivity contribution is -0.149. The molecule has 4 nitrogen and oxygen atoms in total. The molecule has 3 aromatic rings. The number of hydrogen-bond acceptors (Lipinski definition) is 4. The van der Waals surface area contributed by atoms with Crippen molar-refractivity contribution in [3.63, 3.8) is 0 Å². The summed E-state index contributed by atoms with van der Waals surface area (Å²) in [6.45, 7) is 1.90. The molecule has 0 unspecified atom stereocenters. The van der Waals surface area contributed by atoms with Crippen LogP contribution >= 0.6 is 0 Å². The van der Waals surface area contributed by atoms with Gasteiger partial charge in [-0.05, 0) is 35.7 Å². The fraction of sp³-hybridized carbons (Fsp3) is 0.208. The number of aliphatic hydroxyl groups is 1. The fourth-order valence-electron chi connectivity index (χ4n) is 3.23. The maximum Gasteiger partial charge on any atom is 0.326 e. The number of halogens is 1. The van der Waals surface area contributed by atoms with Gasteiger partial charge in [0.05, 0.1) is 12.6 Å². The van der Waals surface area contributed by atoms with Crippen LogP contribution in [0.5, 0.6) is 0 Å². The highest BCUT2D eigenvalue weighted by atomic mass is 19.1. The molecule has 0 aliphatic carbocycles. The Balaban J connectivity index is 1.97. The van der Waals surface area contributed by atoms with Crippen molar-refractivity contribution >= 4 is 5.97 Å². The van der Waals surface area contributed by atoms with Gasteiger partial charge in [0, 0.05) is 0 Å². The Morgan fingerprint density at radius 3 is 1.90 bits per heavy atom. The Morgan fingerprint density at radius 2 is 1.41 bits per heavy atom. The third-order valence-electron chi connectivity index (χ3n) is 4.68. The van der Waals surface area contributed by atoms with Crippen molar-refractivity contribution in [2.75, 3.05) is 6.61 Å². The van der Waals surface area contributed by atoms with Gasteiger partial charge in [-0.2, -0.15) is 0 Å². The van der Waals surface area contributed by atoms with Gasteiger partial charge in [0.15, 0.2) is 0 Å². The number of carbonyl (C=O) groups is 1. The molecule has 0 saturated heterocycles. The zero-order valence-electron chi connectivity index (χ0n) is 16.2. The molecule has 0 amide bonds. The normalized spacial score (nSPS) is 13.1. The summed E-state index contributed by atoms with van der Waals surface area (Å²) in [5.41, 5.74) is 2.32. The first-order valence-corrected chi connectivity index (χ1v) is 9.56. The van der Waals surface area contributed by atoms with E-state index in [-0.39, 0.29) is 12.6 Å². The number of rotatable bonds is 8. The molecular weight excluding hydrogens is 369 g/mol. The molecule has 0 bridgehead atoms. The van der Waals surface area contributed by atoms with E-state index in [4.69, 9.17) is 4.74 Å². The van der Waals surface area contributed by atoms with E-state index < -0.39 is 23.9 Å². The van der Waals surface area contributed by atoms with Crippen molar-refractivity contribution in [3.8, 4) is 0 Å². The Bertz CT molecular complexity index is 861. The topological polar surface area (TPSA) is 58.6 Å². The van der Waals surface area contributed by atoms with E-state index >= 15 is 0 Å². The minimum atomic E-state index is -1.20. The average Bonchev–Trinajstić information content (AvgIpc) is 2.76. The molecule has 0 aliphatic rings. The van der Waals surface area contributed by atoms with Gasteiger partial charge in [-0.15, -0.1) is 0 Å². The number of esters is 1. The highest BCUT2D eigenvalue weighted by Crippen LogP contribution is 2.26. The maximum atomic E-state index is 13.3. The highest BCUT2D eigenvalue weighted by Gasteiger charge is 2.32. The standard InChI is InChI=1S/C24H24FNO3/c1-2-29-24(28)22(23(27)19-13-15-20(25)16-14-19)26-21(17-9-5-3-6-10-17)18-11-7-4-8-12-18/h3-16,21-23,26-27H,2H2,1H3/t22-,23-/m1/s1. The minimum absolute atomic E-state index is 0.189. The molecule has 0 aromatic heterocycles. The second kappa shape index (κ2) is 9.96. The third-order valence-corrected chi connectivity index (χ3v) is 4.68. The van der Waals surface area contributed by atoms with E-state index in [9.17, 15) is 14.3 Å². The number of aliphatic hydroxyl groups excluding tert-OH is 1. The van der Waals surface area contributed by atoms with Gasteiger partial charge in [0.2, 0.25) is 0 Å². The first-order chi connectivity index (χ1) is 14.1. The van der Waals surface area contributed by atoms with Gasteiger partial charge in [0.1, 0.15) is 18.0 Å². The molecule has 0 fully saturated rings. The maximum absolute atomic E-state index is 13.3. The number of carbonyl (C=O) groups excluding carboxylic acids is 1. The van der Waals surface area contributed by atoms with E-state index in [1.807, 2.05) is 60.7 Å². The highest BCUT2D eigenvalue weighted by molar-refractivity contribution is 5.77. The summed E-state index contributed by atoms with van der Waals surface area (Å²) in [7, 11) is 0. The first-order valence-electron chi connectivity index (χ1n) is 9.56. The predicted molar refractivity (Wildman–Crippen MR) is 110 cm³/mol. The van der Waals surface area contributed by atoms with Crippen LogP contribution in [-0.4, -0.2) is 23.7 Å². The number of ether oxygens (including phenoxy) is 1. The van der Waals surface area contributed by atoms with E-state index in [0.717, 1.165) is 11.1 Å². The molecule has 5 heteroatoms. The Labute approximate surface area is 170 Å². The summed E-state index contributed by atoms with van der Waals surface area (Å²) >= 11 is 0. The molecule has 0 saturated carbocycles. The summed E-state index contributed by atoms with van der Waals surface area (Å²) in [5, 5.41) is 14.2. The Hall–Kier alpha value is -3.02. The largest absolute Gasteiger partial charge is 0.465 e. The van der Waals surface area contributed by atoms with Crippen molar-refractivity contribution < 1.29 is 19.0 Å². The number of benzene rings is 3. The van der Waals surface area contributed by atoms with Crippen molar-refractivity contribution in [3.05, 3.63) is 107 Å². The zero-order valence-corrected chi connectivity index (χ0v) is 16.2. The van der Waals surface area contributed by atoms with Crippen LogP contribution in [0.4, 0.5) is 4.39 Å². The van der Waals surface area contributed by atoms with E-state index in [0.29, 0.717) is 5.56 Å². The van der Waals surface area contributed by atoms with E-state index in [2.05, 4.69) is 5.32 Å². The SMILES string of the molecule is CCOC(=O)[C@H](NC(c1ccccc1)c1ccccc1)[C@H](O)c1ccc(F)cc1. The average molecular weight is 393 g/mol. The summed E-state index contributed by atoms with van der Waals surface area (Å²) in [6, 6.07) is 23.4. The molecule has 0 spiro atoms. The summed E-state index contributed by atoms with van der Waals surface area (Å²) in [4.78, 5) is 12.7. The van der Waals surface area contributed by atoms with Crippen LogP contribution in [0.2, 0.25) is 0 Å². The summed E-state index contributed by atoms with van der Waals surface area (Å²) in [5.74, 6) is -0.978. The van der Waals surface area contributed by atoms with E-state index in [1.165, 1.54) is 24.3 Å². The molecule has 29 heavy (non-hydrogen) atoms. The van der Waals surface area contributed by atoms with Crippen LogP contribution in [-0.2, 0) is 9.53 Å². The van der Waals surface area contributed by atoms with Crippen LogP contribution in [0.25, 0.3) is 0 Å². The molecule has 150 valence electrons. The summed E-state index contributed by atoms with van der Waals surface area (Å²) < 4.78 is 18.5. The lowest BCUT2D eigenvalue weighted by atomic mass is 9.95. The molecule has 2 atom stereocenters. The molecular formula is C24H24FNO3. The quantitative estimate of drug-likeness (QED) is 0.564. The molecule has 0 aliphatic heterocycles. The number of hydrogen-bond donors (Lipinski definition) is 2. The number of nitrogens with one attached hydrogen (secondary N) is 1. The molecule has 2 N–H and O–H groups in total. The molecule has 3 rings (SSSR count). The molecule has 0 radical (unpaired) electrons. The van der Waals surface area contributed by atoms with Gasteiger partial charge >= 0.3 is 5.97 Å². The Morgan fingerprint density at radius 1 is 0.897 bits per heavy atom. The first kappa shape index (κ1) is 20.7. The second-order valence-corrected chi connectivity index (χ2v) is 6.65. The lowest BCUT2D eigenvalue weighted by Crippen LogP contribution is -2.45. The smallest absolute Gasteiger partial charge is 0.326 e. The third kappa shape index (κ3) is 5.28. The van der Waals surface area contributed by atoms with Crippen LogP contribution in [0.1, 0.15) is 35.8 Å². The summed E-state index contributed by atoms with van der Waals surface area (Å²) in [6.07, 6.45) is -1.20. The molecule has 3 aromatic carbocycles. The second-order valence-electron chi connectivity index (χ2n) is 6.65. The van der Waals surface area contributed by atoms with Crippen molar-refractivity contribution in [1.82, 2.24) is 5.32 Å². The Kier molecular flexibility index (Phi) is 7.11. The van der Waals surface area contributed by atoms with Gasteiger partial charge in [0.25, 0.3) is 0 Å². The van der Waals surface area contributed by atoms with E-state index in [1.54, 1.807) is 6.92 Å². The monoisotopic (exact) mass is 393 g/mol. The zero-order chi connectivity index (χ0) is 20.6. The van der Waals surface area contributed by atoms with Crippen LogP contribution in [0.3, 0.4) is 0 Å². The van der Waals surface area contributed by atoms with Gasteiger partial charge in [-0.3, -0.25) is 10.1 Å². The van der Waals surface area contributed by atoms with Gasteiger partial charge < -0.3 is 9.84 Å². The van der Waals surface area contributed by atoms with Crippen molar-refractivity contribution in [1.29, 1.82) is 0 Å². The lowest BCUT2D eigenvalue weighted by Gasteiger charge is -2.28. The van der Waals surface area contributed by atoms with Crippen LogP contribution in [0.15, 0.2) is 84.9 Å².